The van der Waals surface area contributed by atoms with Gasteiger partial charge in [-0.1, -0.05) is 69.9 Å². The minimum Gasteiger partial charge on any atom is -0.0586 e. The molecule has 0 N–H and O–H groups in total. The molecule has 1 aliphatic rings. The van der Waals surface area contributed by atoms with Crippen molar-refractivity contribution in [1.29, 1.82) is 0 Å². The Morgan fingerprint density at radius 3 is 1.60 bits per heavy atom. The standard InChI is InChI=1S/C22H17Br2P/c1-12-8-13(2)21(14(3)9-12)25-22-19-10-15(23)4-6-17(19)18-7-5-16(24)11-20(18)22/h4-11H,1-3H3. The highest BCUT2D eigenvalue weighted by Gasteiger charge is 2.24. The number of rotatable bonds is 1. The lowest BCUT2D eigenvalue weighted by Gasteiger charge is -2.10. The molecular weight excluding hydrogens is 455 g/mol. The molecule has 0 aromatic heterocycles. The topological polar surface area (TPSA) is 0 Å². The maximum Gasteiger partial charge on any atom is 0.0182 e. The van der Waals surface area contributed by atoms with Crippen LogP contribution in [-0.4, -0.2) is 5.29 Å². The number of benzene rings is 3. The fourth-order valence-corrected chi connectivity index (χ4v) is 5.66. The second-order valence-electron chi connectivity index (χ2n) is 6.59. The molecule has 0 amide bonds. The summed E-state index contributed by atoms with van der Waals surface area (Å²) in [5, 5.41) is 2.81. The molecule has 3 aromatic rings. The van der Waals surface area contributed by atoms with Crippen LogP contribution in [0.15, 0.2) is 57.5 Å². The molecule has 0 radical (unpaired) electrons. The fraction of sp³-hybridized carbons (Fsp3) is 0.136. The molecule has 4 rings (SSSR count). The van der Waals surface area contributed by atoms with Crippen molar-refractivity contribution < 1.29 is 0 Å². The second-order valence-corrected chi connectivity index (χ2v) is 9.54. The Morgan fingerprint density at radius 1 is 0.640 bits per heavy atom. The Kier molecular flexibility index (Phi) is 4.48. The summed E-state index contributed by atoms with van der Waals surface area (Å²) >= 11 is 7.30. The smallest absolute Gasteiger partial charge is 0.0182 e. The monoisotopic (exact) mass is 470 g/mol. The van der Waals surface area contributed by atoms with Crippen molar-refractivity contribution in [3.05, 3.63) is 85.3 Å². The zero-order valence-corrected chi connectivity index (χ0v) is 18.4. The largest absolute Gasteiger partial charge is 0.0586 e. The van der Waals surface area contributed by atoms with Gasteiger partial charge in [0.25, 0.3) is 0 Å². The van der Waals surface area contributed by atoms with Gasteiger partial charge in [-0.2, -0.15) is 0 Å². The minimum absolute atomic E-state index is 1.13. The molecule has 0 aliphatic heterocycles. The van der Waals surface area contributed by atoms with E-state index >= 15 is 0 Å². The molecule has 0 saturated heterocycles. The van der Waals surface area contributed by atoms with Crippen LogP contribution in [0.2, 0.25) is 0 Å². The van der Waals surface area contributed by atoms with Crippen molar-refractivity contribution in [2.24, 2.45) is 0 Å². The van der Waals surface area contributed by atoms with Gasteiger partial charge in [-0.3, -0.25) is 0 Å². The molecule has 0 unspecified atom stereocenters. The first kappa shape index (κ1) is 17.2. The minimum atomic E-state index is 1.13. The van der Waals surface area contributed by atoms with Crippen molar-refractivity contribution in [2.75, 3.05) is 0 Å². The maximum atomic E-state index is 3.65. The molecule has 0 fully saturated rings. The van der Waals surface area contributed by atoms with E-state index in [9.17, 15) is 0 Å². The van der Waals surface area contributed by atoms with E-state index in [4.69, 9.17) is 0 Å². The van der Waals surface area contributed by atoms with E-state index in [0.29, 0.717) is 0 Å². The number of halogens is 2. The molecule has 0 heterocycles. The molecule has 25 heavy (non-hydrogen) atoms. The van der Waals surface area contributed by atoms with Gasteiger partial charge in [-0.05, 0) is 78.4 Å². The predicted octanol–water partition coefficient (Wildman–Crippen LogP) is 6.96. The highest BCUT2D eigenvalue weighted by molar-refractivity contribution is 9.10. The van der Waals surface area contributed by atoms with Gasteiger partial charge < -0.3 is 0 Å². The number of hydrogen-bond acceptors (Lipinski definition) is 0. The second kappa shape index (κ2) is 6.50. The summed E-state index contributed by atoms with van der Waals surface area (Å²) in [6.07, 6.45) is 0. The van der Waals surface area contributed by atoms with E-state index in [2.05, 4.69) is 101 Å². The van der Waals surface area contributed by atoms with Gasteiger partial charge in [0, 0.05) is 19.5 Å². The van der Waals surface area contributed by atoms with Crippen LogP contribution in [0, 0.1) is 20.8 Å². The van der Waals surface area contributed by atoms with Crippen LogP contribution in [0.5, 0.6) is 0 Å². The molecule has 124 valence electrons. The van der Waals surface area contributed by atoms with Gasteiger partial charge in [0.2, 0.25) is 0 Å². The Morgan fingerprint density at radius 2 is 1.12 bits per heavy atom. The van der Waals surface area contributed by atoms with Gasteiger partial charge >= 0.3 is 0 Å². The van der Waals surface area contributed by atoms with Crippen molar-refractivity contribution in [1.82, 2.24) is 0 Å². The highest BCUT2D eigenvalue weighted by atomic mass is 79.9. The summed E-state index contributed by atoms with van der Waals surface area (Å²) < 4.78 is 2.26. The van der Waals surface area contributed by atoms with E-state index in [0.717, 1.165) is 8.95 Å². The van der Waals surface area contributed by atoms with Crippen LogP contribution in [0.25, 0.3) is 11.1 Å². The summed E-state index contributed by atoms with van der Waals surface area (Å²) in [6.45, 7) is 6.62. The summed E-state index contributed by atoms with van der Waals surface area (Å²) in [4.78, 5) is 0. The van der Waals surface area contributed by atoms with Crippen molar-refractivity contribution in [2.45, 2.75) is 20.8 Å². The summed E-state index contributed by atoms with van der Waals surface area (Å²) in [5.41, 5.74) is 9.40. The molecule has 0 atom stereocenters. The molecule has 0 nitrogen and oxygen atoms in total. The fourth-order valence-electron chi connectivity index (χ4n) is 3.62. The van der Waals surface area contributed by atoms with Crippen LogP contribution in [0.1, 0.15) is 27.8 Å². The van der Waals surface area contributed by atoms with Crippen molar-refractivity contribution >= 4 is 50.7 Å². The third kappa shape index (κ3) is 3.05. The van der Waals surface area contributed by atoms with Crippen molar-refractivity contribution in [3.63, 3.8) is 0 Å². The van der Waals surface area contributed by atoms with Crippen LogP contribution in [0.3, 0.4) is 0 Å². The molecule has 0 bridgehead atoms. The van der Waals surface area contributed by atoms with Crippen LogP contribution in [-0.2, 0) is 0 Å². The first-order chi connectivity index (χ1) is 11.9. The van der Waals surface area contributed by atoms with Crippen LogP contribution in [0.4, 0.5) is 0 Å². The summed E-state index contributed by atoms with van der Waals surface area (Å²) in [7, 11) is 1.27. The Labute approximate surface area is 167 Å². The lowest BCUT2D eigenvalue weighted by Crippen LogP contribution is -2.07. The number of fused-ring (bicyclic) bond motifs is 3. The quantitative estimate of drug-likeness (QED) is 0.263. The van der Waals surface area contributed by atoms with E-state index in [1.54, 1.807) is 0 Å². The third-order valence-electron chi connectivity index (χ3n) is 4.62. The molecule has 0 saturated carbocycles. The zero-order chi connectivity index (χ0) is 17.7. The van der Waals surface area contributed by atoms with Gasteiger partial charge in [0.1, 0.15) is 0 Å². The average Bonchev–Trinajstić information content (AvgIpc) is 2.83. The van der Waals surface area contributed by atoms with E-state index in [-0.39, 0.29) is 0 Å². The Bertz CT molecular complexity index is 971. The summed E-state index contributed by atoms with van der Waals surface area (Å²) in [6, 6.07) is 17.8. The van der Waals surface area contributed by atoms with E-state index in [1.807, 2.05) is 0 Å². The normalized spacial score (nSPS) is 12.4. The summed E-state index contributed by atoms with van der Waals surface area (Å²) in [5.74, 6) is 0. The first-order valence-electron chi connectivity index (χ1n) is 8.21. The van der Waals surface area contributed by atoms with E-state index in [1.165, 1.54) is 57.7 Å². The molecule has 1 aliphatic carbocycles. The first-order valence-corrected chi connectivity index (χ1v) is 10.7. The highest BCUT2D eigenvalue weighted by Crippen LogP contribution is 2.41. The average molecular weight is 472 g/mol. The van der Waals surface area contributed by atoms with Gasteiger partial charge in [0.15, 0.2) is 0 Å². The lowest BCUT2D eigenvalue weighted by atomic mass is 10.1. The number of hydrogen-bond donors (Lipinski definition) is 0. The number of aryl methyl sites for hydroxylation is 3. The van der Waals surface area contributed by atoms with Gasteiger partial charge in [-0.25, -0.2) is 0 Å². The zero-order valence-electron chi connectivity index (χ0n) is 14.3. The van der Waals surface area contributed by atoms with Gasteiger partial charge in [0.05, 0.1) is 0 Å². The molecule has 3 aromatic carbocycles. The van der Waals surface area contributed by atoms with Crippen LogP contribution < -0.4 is 5.30 Å². The molecule has 0 spiro atoms. The Hall–Kier alpha value is -1.21. The predicted molar refractivity (Wildman–Crippen MR) is 118 cm³/mol. The van der Waals surface area contributed by atoms with E-state index < -0.39 is 0 Å². The van der Waals surface area contributed by atoms with Crippen LogP contribution >= 0.6 is 40.1 Å². The maximum absolute atomic E-state index is 3.65. The van der Waals surface area contributed by atoms with Crippen molar-refractivity contribution in [3.8, 4) is 11.1 Å². The molecular formula is C22H17Br2P. The SMILES string of the molecule is Cc1cc(C)c(P=C2c3cc(Br)ccc3-c3ccc(Br)cc32)c(C)c1. The van der Waals surface area contributed by atoms with Gasteiger partial charge in [-0.15, -0.1) is 0 Å². The third-order valence-corrected chi connectivity index (χ3v) is 7.24. The molecule has 3 heteroatoms. The lowest BCUT2D eigenvalue weighted by molar-refractivity contribution is 1.36. The Balaban J connectivity index is 2.02.